The van der Waals surface area contributed by atoms with E-state index in [2.05, 4.69) is 30.2 Å². The fourth-order valence-corrected chi connectivity index (χ4v) is 1.89. The van der Waals surface area contributed by atoms with Crippen molar-refractivity contribution in [1.29, 1.82) is 0 Å². The van der Waals surface area contributed by atoms with Gasteiger partial charge >= 0.3 is 0 Å². The molecule has 0 bridgehead atoms. The Morgan fingerprint density at radius 1 is 1.35 bits per heavy atom. The smallest absolute Gasteiger partial charge is 0.116 e. The molecule has 2 rings (SSSR count). The second-order valence-corrected chi connectivity index (χ2v) is 4.45. The zero-order valence-electron chi connectivity index (χ0n) is 10.4. The highest BCUT2D eigenvalue weighted by atomic mass is 16.3. The molecule has 0 spiro atoms. The van der Waals surface area contributed by atoms with Crippen LogP contribution in [-0.2, 0) is 6.61 Å². The minimum absolute atomic E-state index is 0.0873. The van der Waals surface area contributed by atoms with E-state index in [1.807, 2.05) is 29.8 Å². The maximum atomic E-state index is 9.33. The predicted molar refractivity (Wildman–Crippen MR) is 66.5 cm³/mol. The summed E-state index contributed by atoms with van der Waals surface area (Å²) in [5.74, 6) is 0. The van der Waals surface area contributed by atoms with Crippen LogP contribution in [0.4, 0.5) is 0 Å². The molecule has 0 radical (unpaired) electrons. The van der Waals surface area contributed by atoms with Gasteiger partial charge in [0.15, 0.2) is 0 Å². The molecule has 1 aromatic carbocycles. The Balaban J connectivity index is 2.60. The van der Waals surface area contributed by atoms with E-state index in [0.717, 1.165) is 11.3 Å². The van der Waals surface area contributed by atoms with E-state index in [-0.39, 0.29) is 12.6 Å². The lowest BCUT2D eigenvalue weighted by Gasteiger charge is -2.11. The molecule has 17 heavy (non-hydrogen) atoms. The van der Waals surface area contributed by atoms with E-state index in [0.29, 0.717) is 5.69 Å². The largest absolute Gasteiger partial charge is 0.390 e. The van der Waals surface area contributed by atoms with Gasteiger partial charge in [0.25, 0.3) is 0 Å². The summed E-state index contributed by atoms with van der Waals surface area (Å²) >= 11 is 0. The highest BCUT2D eigenvalue weighted by Gasteiger charge is 2.15. The quantitative estimate of drug-likeness (QED) is 0.882. The zero-order valence-corrected chi connectivity index (χ0v) is 10.4. The maximum Gasteiger partial charge on any atom is 0.116 e. The van der Waals surface area contributed by atoms with Gasteiger partial charge < -0.3 is 5.11 Å². The zero-order chi connectivity index (χ0) is 12.4. The third-order valence-corrected chi connectivity index (χ3v) is 2.69. The lowest BCUT2D eigenvalue weighted by Crippen LogP contribution is -2.05. The van der Waals surface area contributed by atoms with E-state index in [1.165, 1.54) is 5.56 Å². The van der Waals surface area contributed by atoms with Gasteiger partial charge in [-0.25, -0.2) is 4.68 Å². The standard InChI is InChI=1S/C13H17N3O/c1-9(2)16-13(12(8-17)14-15-16)11-6-4-5-10(3)7-11/h4-7,9,17H,8H2,1-3H3. The van der Waals surface area contributed by atoms with E-state index in [4.69, 9.17) is 0 Å². The SMILES string of the molecule is Cc1cccc(-c2c(CO)nnn2C(C)C)c1. The fourth-order valence-electron chi connectivity index (χ4n) is 1.89. The summed E-state index contributed by atoms with van der Waals surface area (Å²) in [5.41, 5.74) is 3.77. The number of nitrogens with zero attached hydrogens (tertiary/aromatic N) is 3. The molecule has 0 fully saturated rings. The van der Waals surface area contributed by atoms with Crippen molar-refractivity contribution in [3.8, 4) is 11.3 Å². The number of hydrogen-bond donors (Lipinski definition) is 1. The first-order valence-corrected chi connectivity index (χ1v) is 5.75. The van der Waals surface area contributed by atoms with Gasteiger partial charge in [0.1, 0.15) is 5.69 Å². The lowest BCUT2D eigenvalue weighted by molar-refractivity contribution is 0.277. The summed E-state index contributed by atoms with van der Waals surface area (Å²) in [5, 5.41) is 17.5. The molecule has 0 unspecified atom stereocenters. The van der Waals surface area contributed by atoms with Gasteiger partial charge in [-0.2, -0.15) is 0 Å². The van der Waals surface area contributed by atoms with Crippen molar-refractivity contribution in [1.82, 2.24) is 15.0 Å². The molecule has 0 aliphatic heterocycles. The molecule has 90 valence electrons. The number of aromatic nitrogens is 3. The molecule has 0 aliphatic rings. The summed E-state index contributed by atoms with van der Waals surface area (Å²) in [7, 11) is 0. The van der Waals surface area contributed by atoms with Crippen LogP contribution in [0, 0.1) is 6.92 Å². The minimum atomic E-state index is -0.0873. The number of hydrogen-bond acceptors (Lipinski definition) is 3. The van der Waals surface area contributed by atoms with Crippen LogP contribution in [0.15, 0.2) is 24.3 Å². The van der Waals surface area contributed by atoms with Crippen molar-refractivity contribution >= 4 is 0 Å². The second-order valence-electron chi connectivity index (χ2n) is 4.45. The Hall–Kier alpha value is -1.68. The van der Waals surface area contributed by atoms with E-state index in [1.54, 1.807) is 0 Å². The lowest BCUT2D eigenvalue weighted by atomic mass is 10.1. The monoisotopic (exact) mass is 231 g/mol. The molecule has 1 N–H and O–H groups in total. The van der Waals surface area contributed by atoms with E-state index in [9.17, 15) is 5.11 Å². The van der Waals surface area contributed by atoms with Crippen LogP contribution >= 0.6 is 0 Å². The van der Waals surface area contributed by atoms with Crippen molar-refractivity contribution in [2.24, 2.45) is 0 Å². The Bertz CT molecular complexity index is 517. The number of aliphatic hydroxyl groups is 1. The number of rotatable bonds is 3. The molecule has 1 aromatic heterocycles. The molecule has 0 amide bonds. The van der Waals surface area contributed by atoms with Crippen LogP contribution in [0.25, 0.3) is 11.3 Å². The van der Waals surface area contributed by atoms with Gasteiger partial charge in [-0.3, -0.25) is 0 Å². The summed E-state index contributed by atoms with van der Waals surface area (Å²) in [6.07, 6.45) is 0. The number of benzene rings is 1. The normalized spacial score (nSPS) is 11.1. The average molecular weight is 231 g/mol. The molecule has 0 aliphatic carbocycles. The van der Waals surface area contributed by atoms with E-state index < -0.39 is 0 Å². The van der Waals surface area contributed by atoms with Crippen molar-refractivity contribution < 1.29 is 5.11 Å². The maximum absolute atomic E-state index is 9.33. The van der Waals surface area contributed by atoms with Gasteiger partial charge in [-0.05, 0) is 26.8 Å². The van der Waals surface area contributed by atoms with Crippen LogP contribution in [0.5, 0.6) is 0 Å². The molecule has 0 atom stereocenters. The summed E-state index contributed by atoms with van der Waals surface area (Å²) < 4.78 is 1.85. The Morgan fingerprint density at radius 3 is 2.71 bits per heavy atom. The summed E-state index contributed by atoms with van der Waals surface area (Å²) in [4.78, 5) is 0. The minimum Gasteiger partial charge on any atom is -0.390 e. The van der Waals surface area contributed by atoms with Gasteiger partial charge in [0.2, 0.25) is 0 Å². The topological polar surface area (TPSA) is 50.9 Å². The number of aliphatic hydroxyl groups excluding tert-OH is 1. The molecular weight excluding hydrogens is 214 g/mol. The van der Waals surface area contributed by atoms with E-state index >= 15 is 0 Å². The molecule has 1 heterocycles. The average Bonchev–Trinajstić information content (AvgIpc) is 2.72. The molecular formula is C13H17N3O. The highest BCUT2D eigenvalue weighted by Crippen LogP contribution is 2.25. The molecule has 4 heteroatoms. The van der Waals surface area contributed by atoms with Crippen LogP contribution in [0.2, 0.25) is 0 Å². The van der Waals surface area contributed by atoms with Crippen molar-refractivity contribution in [3.05, 3.63) is 35.5 Å². The Kier molecular flexibility index (Phi) is 3.24. The molecule has 0 saturated carbocycles. The third-order valence-electron chi connectivity index (χ3n) is 2.69. The first kappa shape index (κ1) is 11.8. The van der Waals surface area contributed by atoms with Gasteiger partial charge in [-0.1, -0.05) is 29.0 Å². The van der Waals surface area contributed by atoms with Crippen molar-refractivity contribution in [2.45, 2.75) is 33.4 Å². The first-order chi connectivity index (χ1) is 8.13. The molecule has 2 aromatic rings. The van der Waals surface area contributed by atoms with Gasteiger partial charge in [-0.15, -0.1) is 5.10 Å². The van der Waals surface area contributed by atoms with Crippen LogP contribution in [0.3, 0.4) is 0 Å². The third kappa shape index (κ3) is 2.22. The molecule has 4 nitrogen and oxygen atoms in total. The molecule has 0 saturated heterocycles. The fraction of sp³-hybridized carbons (Fsp3) is 0.385. The summed E-state index contributed by atoms with van der Waals surface area (Å²) in [6, 6.07) is 8.37. The number of aryl methyl sites for hydroxylation is 1. The van der Waals surface area contributed by atoms with Gasteiger partial charge in [0, 0.05) is 11.6 Å². The van der Waals surface area contributed by atoms with Crippen LogP contribution in [-0.4, -0.2) is 20.1 Å². The van der Waals surface area contributed by atoms with Crippen LogP contribution in [0.1, 0.15) is 31.1 Å². The van der Waals surface area contributed by atoms with Crippen molar-refractivity contribution in [2.75, 3.05) is 0 Å². The predicted octanol–water partition coefficient (Wildman–Crippen LogP) is 2.33. The Labute approximate surface area is 101 Å². The summed E-state index contributed by atoms with van der Waals surface area (Å²) in [6.45, 7) is 6.06. The second kappa shape index (κ2) is 4.67. The highest BCUT2D eigenvalue weighted by molar-refractivity contribution is 5.62. The van der Waals surface area contributed by atoms with Gasteiger partial charge in [0.05, 0.1) is 12.3 Å². The van der Waals surface area contributed by atoms with Crippen molar-refractivity contribution in [3.63, 3.8) is 0 Å². The Morgan fingerprint density at radius 2 is 2.12 bits per heavy atom. The first-order valence-electron chi connectivity index (χ1n) is 5.75. The van der Waals surface area contributed by atoms with Crippen LogP contribution < -0.4 is 0 Å².